The first-order valence-corrected chi connectivity index (χ1v) is 8.47. The second-order valence-corrected chi connectivity index (χ2v) is 6.62. The first-order valence-electron chi connectivity index (χ1n) is 8.47. The van der Waals surface area contributed by atoms with E-state index in [2.05, 4.69) is 11.0 Å². The van der Waals surface area contributed by atoms with Gasteiger partial charge in [-0.25, -0.2) is 0 Å². The van der Waals surface area contributed by atoms with Gasteiger partial charge in [-0.3, -0.25) is 9.69 Å². The Kier molecular flexibility index (Phi) is 4.82. The van der Waals surface area contributed by atoms with Gasteiger partial charge in [-0.15, -0.1) is 0 Å². The fraction of sp³-hybridized carbons (Fsp3) is 0.400. The van der Waals surface area contributed by atoms with Gasteiger partial charge < -0.3 is 4.57 Å². The summed E-state index contributed by atoms with van der Waals surface area (Å²) < 4.78 is 1.94. The van der Waals surface area contributed by atoms with Crippen LogP contribution in [0.4, 0.5) is 0 Å². The summed E-state index contributed by atoms with van der Waals surface area (Å²) >= 11 is 0. The zero-order valence-corrected chi connectivity index (χ0v) is 14.3. The Morgan fingerprint density at radius 3 is 2.75 bits per heavy atom. The monoisotopic (exact) mass is 321 g/mol. The molecule has 1 aliphatic rings. The van der Waals surface area contributed by atoms with Crippen LogP contribution in [-0.4, -0.2) is 28.3 Å². The third-order valence-corrected chi connectivity index (χ3v) is 5.08. The number of nitrogens with zero attached hydrogens (tertiary/aromatic N) is 3. The van der Waals surface area contributed by atoms with E-state index >= 15 is 0 Å². The van der Waals surface area contributed by atoms with Gasteiger partial charge in [0.15, 0.2) is 5.78 Å². The van der Waals surface area contributed by atoms with Crippen molar-refractivity contribution in [3.8, 4) is 6.07 Å². The molecule has 1 atom stereocenters. The van der Waals surface area contributed by atoms with Crippen molar-refractivity contribution in [1.29, 1.82) is 5.26 Å². The molecule has 1 aliphatic heterocycles. The van der Waals surface area contributed by atoms with Gasteiger partial charge in [0.1, 0.15) is 11.8 Å². The van der Waals surface area contributed by atoms with Crippen LogP contribution < -0.4 is 0 Å². The van der Waals surface area contributed by atoms with E-state index in [9.17, 15) is 10.1 Å². The molecule has 0 radical (unpaired) electrons. The van der Waals surface area contributed by atoms with Gasteiger partial charge in [0.25, 0.3) is 0 Å². The van der Waals surface area contributed by atoms with Crippen LogP contribution in [0.2, 0.25) is 0 Å². The van der Waals surface area contributed by atoms with Gasteiger partial charge in [-0.2, -0.15) is 5.26 Å². The summed E-state index contributed by atoms with van der Waals surface area (Å²) in [6, 6.07) is 13.8. The number of likely N-dealkylation sites (tertiary alicyclic amines) is 1. The normalized spacial score (nSPS) is 18.3. The molecule has 2 heterocycles. The largest absolute Gasteiger partial charge is 0.340 e. The van der Waals surface area contributed by atoms with Gasteiger partial charge in [0.2, 0.25) is 0 Å². The van der Waals surface area contributed by atoms with Crippen LogP contribution in [0, 0.1) is 24.2 Å². The molecule has 1 aromatic carbocycles. The van der Waals surface area contributed by atoms with Crippen LogP contribution in [0.3, 0.4) is 0 Å². The van der Waals surface area contributed by atoms with E-state index in [4.69, 9.17) is 0 Å². The molecule has 1 saturated heterocycles. The lowest BCUT2D eigenvalue weighted by atomic mass is 9.90. The number of hydrogen-bond donors (Lipinski definition) is 0. The molecule has 2 aromatic rings. The summed E-state index contributed by atoms with van der Waals surface area (Å²) in [5.41, 5.74) is 3.81. The van der Waals surface area contributed by atoms with Gasteiger partial charge in [0.05, 0.1) is 0 Å². The second kappa shape index (κ2) is 7.02. The number of hydrogen-bond acceptors (Lipinski definition) is 3. The van der Waals surface area contributed by atoms with E-state index < -0.39 is 0 Å². The zero-order chi connectivity index (χ0) is 17.1. The van der Waals surface area contributed by atoms with Crippen molar-refractivity contribution < 1.29 is 4.79 Å². The molecule has 0 saturated carbocycles. The van der Waals surface area contributed by atoms with Crippen molar-refractivity contribution in [3.05, 3.63) is 58.9 Å². The van der Waals surface area contributed by atoms with Crippen LogP contribution in [0.1, 0.15) is 40.2 Å². The van der Waals surface area contributed by atoms with Gasteiger partial charge in [-0.05, 0) is 37.9 Å². The molecule has 0 N–H and O–H groups in total. The van der Waals surface area contributed by atoms with Crippen LogP contribution in [-0.2, 0) is 13.6 Å². The first kappa shape index (κ1) is 16.5. The highest BCUT2D eigenvalue weighted by Gasteiger charge is 2.27. The third-order valence-electron chi connectivity index (χ3n) is 5.08. The van der Waals surface area contributed by atoms with E-state index in [1.165, 1.54) is 5.56 Å². The molecule has 0 bridgehead atoms. The fourth-order valence-electron chi connectivity index (χ4n) is 3.52. The van der Waals surface area contributed by atoms with Gasteiger partial charge in [-0.1, -0.05) is 30.3 Å². The zero-order valence-electron chi connectivity index (χ0n) is 14.3. The van der Waals surface area contributed by atoms with Crippen LogP contribution >= 0.6 is 0 Å². The summed E-state index contributed by atoms with van der Waals surface area (Å²) in [5, 5.41) is 9.17. The van der Waals surface area contributed by atoms with Crippen LogP contribution in [0.15, 0.2) is 36.4 Å². The SMILES string of the molecule is Cc1c(CN2CCC[C@H](C(=O)c3ccccc3)C2)cc(C#N)n1C. The van der Waals surface area contributed by atoms with Crippen molar-refractivity contribution in [2.45, 2.75) is 26.3 Å². The summed E-state index contributed by atoms with van der Waals surface area (Å²) in [4.78, 5) is 15.0. The standard InChI is InChI=1S/C20H23N3O/c1-15-18(11-19(12-21)22(15)2)14-23-10-6-9-17(13-23)20(24)16-7-4-3-5-8-16/h3-5,7-8,11,17H,6,9-10,13-14H2,1-2H3/t17-/m0/s1. The lowest BCUT2D eigenvalue weighted by Crippen LogP contribution is -2.38. The highest BCUT2D eigenvalue weighted by atomic mass is 16.1. The Bertz CT molecular complexity index is 770. The molecule has 4 heteroatoms. The van der Waals surface area contributed by atoms with Gasteiger partial charge in [0, 0.05) is 37.3 Å². The second-order valence-electron chi connectivity index (χ2n) is 6.62. The van der Waals surface area contributed by atoms with Gasteiger partial charge >= 0.3 is 0 Å². The Labute approximate surface area is 143 Å². The minimum absolute atomic E-state index is 0.0700. The molecule has 1 aromatic heterocycles. The quantitative estimate of drug-likeness (QED) is 0.812. The maximum atomic E-state index is 12.7. The van der Waals surface area contributed by atoms with Crippen molar-refractivity contribution in [1.82, 2.24) is 9.47 Å². The summed E-state index contributed by atoms with van der Waals surface area (Å²) in [6.45, 7) is 4.66. The number of carbonyl (C=O) groups excluding carboxylic acids is 1. The van der Waals surface area contributed by atoms with E-state index in [1.807, 2.05) is 54.9 Å². The minimum atomic E-state index is 0.0700. The molecule has 124 valence electrons. The Morgan fingerprint density at radius 2 is 2.08 bits per heavy atom. The lowest BCUT2D eigenvalue weighted by molar-refractivity contribution is 0.0811. The Balaban J connectivity index is 1.70. The predicted molar refractivity (Wildman–Crippen MR) is 93.6 cm³/mol. The molecule has 0 spiro atoms. The van der Waals surface area contributed by atoms with E-state index in [1.54, 1.807) is 0 Å². The molecule has 0 amide bonds. The molecule has 4 nitrogen and oxygen atoms in total. The number of rotatable bonds is 4. The minimum Gasteiger partial charge on any atom is -0.340 e. The third kappa shape index (κ3) is 3.27. The van der Waals surface area contributed by atoms with E-state index in [0.717, 1.165) is 43.7 Å². The Morgan fingerprint density at radius 1 is 1.33 bits per heavy atom. The number of carbonyl (C=O) groups is 1. The van der Waals surface area contributed by atoms with E-state index in [-0.39, 0.29) is 11.7 Å². The number of aromatic nitrogens is 1. The van der Waals surface area contributed by atoms with Crippen molar-refractivity contribution in [3.63, 3.8) is 0 Å². The van der Waals surface area contributed by atoms with E-state index in [0.29, 0.717) is 5.69 Å². The average Bonchev–Trinajstić information content (AvgIpc) is 2.90. The van der Waals surface area contributed by atoms with Crippen molar-refractivity contribution >= 4 is 5.78 Å². The molecule has 1 fully saturated rings. The average molecular weight is 321 g/mol. The van der Waals surface area contributed by atoms with Crippen LogP contribution in [0.5, 0.6) is 0 Å². The van der Waals surface area contributed by atoms with Crippen molar-refractivity contribution in [2.75, 3.05) is 13.1 Å². The maximum Gasteiger partial charge on any atom is 0.167 e. The number of ketones is 1. The highest BCUT2D eigenvalue weighted by molar-refractivity contribution is 5.98. The molecule has 24 heavy (non-hydrogen) atoms. The maximum absolute atomic E-state index is 12.7. The molecular formula is C20H23N3O. The summed E-state index contributed by atoms with van der Waals surface area (Å²) in [6.07, 6.45) is 2.00. The Hall–Kier alpha value is -2.38. The molecular weight excluding hydrogens is 298 g/mol. The number of benzene rings is 1. The number of nitriles is 1. The first-order chi connectivity index (χ1) is 11.6. The molecule has 0 aliphatic carbocycles. The summed E-state index contributed by atoms with van der Waals surface area (Å²) in [7, 11) is 1.93. The fourth-order valence-corrected chi connectivity index (χ4v) is 3.52. The lowest BCUT2D eigenvalue weighted by Gasteiger charge is -2.32. The summed E-state index contributed by atoms with van der Waals surface area (Å²) in [5.74, 6) is 0.323. The molecule has 3 rings (SSSR count). The highest BCUT2D eigenvalue weighted by Crippen LogP contribution is 2.24. The number of Topliss-reactive ketones (excluding diaryl/α,β-unsaturated/α-hetero) is 1. The topological polar surface area (TPSA) is 49.0 Å². The predicted octanol–water partition coefficient (Wildman–Crippen LogP) is 3.30. The van der Waals surface area contributed by atoms with Crippen molar-refractivity contribution in [2.24, 2.45) is 13.0 Å². The molecule has 0 unspecified atom stereocenters. The smallest absolute Gasteiger partial charge is 0.167 e. The number of piperidine rings is 1. The van der Waals surface area contributed by atoms with Crippen LogP contribution in [0.25, 0.3) is 0 Å².